The van der Waals surface area contributed by atoms with Gasteiger partial charge < -0.3 is 5.32 Å². The summed E-state index contributed by atoms with van der Waals surface area (Å²) in [7, 11) is 0. The van der Waals surface area contributed by atoms with Crippen LogP contribution in [-0.4, -0.2) is 4.92 Å². The molecule has 0 heterocycles. The maximum Gasteiger partial charge on any atom is 0.292 e. The summed E-state index contributed by atoms with van der Waals surface area (Å²) < 4.78 is 0. The third kappa shape index (κ3) is 2.48. The number of nitrogens with zero attached hydrogens (tertiary/aromatic N) is 1. The lowest BCUT2D eigenvalue weighted by Crippen LogP contribution is -1.99. The molecule has 0 bridgehead atoms. The quantitative estimate of drug-likeness (QED) is 0.654. The van der Waals surface area contributed by atoms with E-state index in [1.54, 1.807) is 6.07 Å². The minimum atomic E-state index is -0.372. The Balaban J connectivity index is 2.39. The fourth-order valence-electron chi connectivity index (χ4n) is 1.75. The van der Waals surface area contributed by atoms with E-state index in [0.29, 0.717) is 5.69 Å². The first-order chi connectivity index (χ1) is 8.58. The zero-order chi connectivity index (χ0) is 13.1. The van der Waals surface area contributed by atoms with Crippen LogP contribution in [0.4, 0.5) is 17.1 Å². The number of para-hydroxylation sites is 1. The van der Waals surface area contributed by atoms with E-state index in [4.69, 9.17) is 0 Å². The lowest BCUT2D eigenvalue weighted by molar-refractivity contribution is -0.383. The van der Waals surface area contributed by atoms with Crippen molar-refractivity contribution in [2.75, 3.05) is 5.32 Å². The van der Waals surface area contributed by atoms with Crippen LogP contribution < -0.4 is 5.32 Å². The molecule has 0 aromatic heterocycles. The summed E-state index contributed by atoms with van der Waals surface area (Å²) in [6, 6.07) is 12.8. The molecule has 0 fully saturated rings. The molecule has 0 aliphatic rings. The standard InChI is InChI=1S/C14H14N2O2/c1-10-6-8-12(9-7-10)15-14-11(2)4-3-5-13(14)16(17)18/h3-9,15H,1-2H3. The topological polar surface area (TPSA) is 55.2 Å². The molecule has 0 spiro atoms. The summed E-state index contributed by atoms with van der Waals surface area (Å²) in [4.78, 5) is 10.6. The molecule has 0 unspecified atom stereocenters. The van der Waals surface area contributed by atoms with Gasteiger partial charge in [-0.05, 0) is 31.5 Å². The highest BCUT2D eigenvalue weighted by atomic mass is 16.6. The highest BCUT2D eigenvalue weighted by Gasteiger charge is 2.15. The van der Waals surface area contributed by atoms with Crippen LogP contribution >= 0.6 is 0 Å². The first kappa shape index (κ1) is 12.1. The Kier molecular flexibility index (Phi) is 3.28. The van der Waals surface area contributed by atoms with Gasteiger partial charge in [-0.3, -0.25) is 10.1 Å². The Morgan fingerprint density at radius 1 is 1.06 bits per heavy atom. The van der Waals surface area contributed by atoms with Gasteiger partial charge in [-0.15, -0.1) is 0 Å². The Hall–Kier alpha value is -2.36. The molecule has 4 nitrogen and oxygen atoms in total. The predicted molar refractivity (Wildman–Crippen MR) is 72.3 cm³/mol. The molecular formula is C14H14N2O2. The fraction of sp³-hybridized carbons (Fsp3) is 0.143. The number of hydrogen-bond acceptors (Lipinski definition) is 3. The third-order valence-corrected chi connectivity index (χ3v) is 2.77. The molecule has 0 radical (unpaired) electrons. The molecule has 92 valence electrons. The van der Waals surface area contributed by atoms with Crippen LogP contribution in [0, 0.1) is 24.0 Å². The van der Waals surface area contributed by atoms with Crippen molar-refractivity contribution < 1.29 is 4.92 Å². The van der Waals surface area contributed by atoms with E-state index in [1.807, 2.05) is 44.2 Å². The van der Waals surface area contributed by atoms with Crippen molar-refractivity contribution in [1.29, 1.82) is 0 Å². The number of nitro groups is 1. The van der Waals surface area contributed by atoms with Crippen molar-refractivity contribution >= 4 is 17.1 Å². The highest BCUT2D eigenvalue weighted by molar-refractivity contribution is 5.72. The maximum absolute atomic E-state index is 11.0. The second-order valence-corrected chi connectivity index (χ2v) is 4.22. The van der Waals surface area contributed by atoms with E-state index >= 15 is 0 Å². The summed E-state index contributed by atoms with van der Waals surface area (Å²) in [5.74, 6) is 0. The molecule has 4 heteroatoms. The Bertz CT molecular complexity index is 577. The van der Waals surface area contributed by atoms with Gasteiger partial charge in [0.15, 0.2) is 0 Å². The number of anilines is 2. The number of aryl methyl sites for hydroxylation is 2. The number of nitro benzene ring substituents is 1. The number of benzene rings is 2. The molecule has 2 aromatic rings. The van der Waals surface area contributed by atoms with E-state index in [9.17, 15) is 10.1 Å². The molecule has 0 amide bonds. The molecule has 18 heavy (non-hydrogen) atoms. The minimum absolute atomic E-state index is 0.0931. The van der Waals surface area contributed by atoms with E-state index in [0.717, 1.165) is 16.8 Å². The van der Waals surface area contributed by atoms with Crippen LogP contribution in [0.1, 0.15) is 11.1 Å². The fourth-order valence-corrected chi connectivity index (χ4v) is 1.75. The Labute approximate surface area is 105 Å². The molecule has 0 aliphatic carbocycles. The lowest BCUT2D eigenvalue weighted by Gasteiger charge is -2.10. The number of hydrogen-bond donors (Lipinski definition) is 1. The van der Waals surface area contributed by atoms with Gasteiger partial charge in [0, 0.05) is 11.8 Å². The van der Waals surface area contributed by atoms with Gasteiger partial charge in [0.05, 0.1) is 4.92 Å². The van der Waals surface area contributed by atoms with Crippen molar-refractivity contribution in [1.82, 2.24) is 0 Å². The van der Waals surface area contributed by atoms with Crippen LogP contribution in [0.2, 0.25) is 0 Å². The van der Waals surface area contributed by atoms with Crippen molar-refractivity contribution in [2.24, 2.45) is 0 Å². The average molecular weight is 242 g/mol. The molecule has 1 N–H and O–H groups in total. The summed E-state index contributed by atoms with van der Waals surface area (Å²) in [5, 5.41) is 14.1. The summed E-state index contributed by atoms with van der Waals surface area (Å²) >= 11 is 0. The molecular weight excluding hydrogens is 228 g/mol. The van der Waals surface area contributed by atoms with Crippen molar-refractivity contribution in [3.8, 4) is 0 Å². The molecule has 0 atom stereocenters. The molecule has 2 rings (SSSR count). The predicted octanol–water partition coefficient (Wildman–Crippen LogP) is 3.96. The first-order valence-electron chi connectivity index (χ1n) is 5.65. The van der Waals surface area contributed by atoms with E-state index < -0.39 is 0 Å². The van der Waals surface area contributed by atoms with Crippen LogP contribution in [0.15, 0.2) is 42.5 Å². The number of rotatable bonds is 3. The van der Waals surface area contributed by atoms with Gasteiger partial charge in [0.1, 0.15) is 5.69 Å². The lowest BCUT2D eigenvalue weighted by atomic mass is 10.1. The van der Waals surface area contributed by atoms with Gasteiger partial charge in [0.2, 0.25) is 0 Å². The Morgan fingerprint density at radius 2 is 1.72 bits per heavy atom. The molecule has 0 aliphatic heterocycles. The van der Waals surface area contributed by atoms with Crippen molar-refractivity contribution in [3.63, 3.8) is 0 Å². The van der Waals surface area contributed by atoms with E-state index in [-0.39, 0.29) is 10.6 Å². The van der Waals surface area contributed by atoms with Gasteiger partial charge in [-0.25, -0.2) is 0 Å². The van der Waals surface area contributed by atoms with E-state index in [2.05, 4.69) is 5.32 Å². The zero-order valence-corrected chi connectivity index (χ0v) is 10.3. The molecule has 0 saturated carbocycles. The van der Waals surface area contributed by atoms with Gasteiger partial charge in [0.25, 0.3) is 5.69 Å². The summed E-state index contributed by atoms with van der Waals surface area (Å²) in [6.45, 7) is 3.85. The monoisotopic (exact) mass is 242 g/mol. The van der Waals surface area contributed by atoms with Crippen LogP contribution in [0.3, 0.4) is 0 Å². The van der Waals surface area contributed by atoms with Gasteiger partial charge in [-0.2, -0.15) is 0 Å². The Morgan fingerprint density at radius 3 is 2.33 bits per heavy atom. The first-order valence-corrected chi connectivity index (χ1v) is 5.65. The van der Waals surface area contributed by atoms with Crippen LogP contribution in [0.5, 0.6) is 0 Å². The van der Waals surface area contributed by atoms with Gasteiger partial charge >= 0.3 is 0 Å². The highest BCUT2D eigenvalue weighted by Crippen LogP contribution is 2.30. The van der Waals surface area contributed by atoms with Crippen LogP contribution in [0.25, 0.3) is 0 Å². The normalized spacial score (nSPS) is 10.1. The minimum Gasteiger partial charge on any atom is -0.350 e. The molecule has 0 saturated heterocycles. The summed E-state index contributed by atoms with van der Waals surface area (Å²) in [5.41, 5.74) is 3.49. The average Bonchev–Trinajstić information content (AvgIpc) is 2.34. The second kappa shape index (κ2) is 4.87. The largest absolute Gasteiger partial charge is 0.350 e. The van der Waals surface area contributed by atoms with Crippen molar-refractivity contribution in [2.45, 2.75) is 13.8 Å². The smallest absolute Gasteiger partial charge is 0.292 e. The third-order valence-electron chi connectivity index (χ3n) is 2.77. The summed E-state index contributed by atoms with van der Waals surface area (Å²) in [6.07, 6.45) is 0. The maximum atomic E-state index is 11.0. The van der Waals surface area contributed by atoms with Gasteiger partial charge in [-0.1, -0.05) is 29.8 Å². The zero-order valence-electron chi connectivity index (χ0n) is 10.3. The van der Waals surface area contributed by atoms with Crippen molar-refractivity contribution in [3.05, 3.63) is 63.7 Å². The second-order valence-electron chi connectivity index (χ2n) is 4.22. The molecule has 2 aromatic carbocycles. The van der Waals surface area contributed by atoms with E-state index in [1.165, 1.54) is 6.07 Å². The number of nitrogens with one attached hydrogen (secondary N) is 1. The SMILES string of the molecule is Cc1ccc(Nc2c(C)cccc2[N+](=O)[O-])cc1. The van der Waals surface area contributed by atoms with Crippen LogP contribution in [-0.2, 0) is 0 Å².